The summed E-state index contributed by atoms with van der Waals surface area (Å²) in [6.45, 7) is 11.0. The number of halogens is 1. The largest absolute Gasteiger partial charge is 0.412 e. The molecule has 0 spiro atoms. The van der Waals surface area contributed by atoms with Crippen LogP contribution < -0.4 is 0 Å². The van der Waals surface area contributed by atoms with Crippen LogP contribution in [-0.2, 0) is 15.6 Å². The Hall–Kier alpha value is -0.643. The van der Waals surface area contributed by atoms with Crippen LogP contribution in [0.5, 0.6) is 0 Å². The molecule has 0 aliphatic heterocycles. The van der Waals surface area contributed by atoms with Crippen LogP contribution in [-0.4, -0.2) is 26.1 Å². The molecule has 2 atom stereocenters. The van der Waals surface area contributed by atoms with Gasteiger partial charge in [0, 0.05) is 0 Å². The van der Waals surface area contributed by atoms with Crippen LogP contribution in [0.4, 0.5) is 0 Å². The predicted molar refractivity (Wildman–Crippen MR) is 92.5 cm³/mol. The molecule has 0 aliphatic rings. The summed E-state index contributed by atoms with van der Waals surface area (Å²) >= 11 is 6.18. The normalized spacial score (nSPS) is 15.5. The fraction of sp³-hybridized carbons (Fsp3) is 0.588. The van der Waals surface area contributed by atoms with Gasteiger partial charge in [0.05, 0.1) is 6.10 Å². The number of rotatable bonds is 7. The molecule has 0 aliphatic carbocycles. The van der Waals surface area contributed by atoms with Crippen LogP contribution in [0.1, 0.15) is 32.8 Å². The molecular weight excluding hydrogens is 300 g/mol. The number of hydrogen-bond donors (Lipinski definition) is 0. The highest BCUT2D eigenvalue weighted by molar-refractivity contribution is 6.74. The lowest BCUT2D eigenvalue weighted by Gasteiger charge is -2.39. The zero-order chi connectivity index (χ0) is 16.1. The van der Waals surface area contributed by atoms with Crippen molar-refractivity contribution in [3.05, 3.63) is 35.9 Å². The maximum Gasteiger partial charge on any atom is 0.192 e. The maximum atomic E-state index is 11.1. The Kier molecular flexibility index (Phi) is 6.63. The first-order chi connectivity index (χ1) is 9.67. The molecule has 0 fully saturated rings. The van der Waals surface area contributed by atoms with Crippen molar-refractivity contribution in [2.45, 2.75) is 63.2 Å². The van der Waals surface area contributed by atoms with Crippen LogP contribution in [0.25, 0.3) is 0 Å². The molecule has 1 aromatic carbocycles. The molecule has 0 radical (unpaired) electrons. The quantitative estimate of drug-likeness (QED) is 0.408. The smallest absolute Gasteiger partial charge is 0.192 e. The van der Waals surface area contributed by atoms with Gasteiger partial charge in [0.15, 0.2) is 8.32 Å². The average molecular weight is 327 g/mol. The first-order valence-electron chi connectivity index (χ1n) is 7.48. The molecule has 1 rings (SSSR count). The lowest BCUT2D eigenvalue weighted by Crippen LogP contribution is -2.46. The van der Waals surface area contributed by atoms with Crippen LogP contribution in [0.3, 0.4) is 0 Å². The third kappa shape index (κ3) is 5.57. The highest BCUT2D eigenvalue weighted by Gasteiger charge is 2.40. The molecule has 1 aromatic rings. The van der Waals surface area contributed by atoms with E-state index in [2.05, 4.69) is 46.0 Å². The summed E-state index contributed by atoms with van der Waals surface area (Å²) in [5.41, 5.74) is 1.25. The van der Waals surface area contributed by atoms with Gasteiger partial charge in [-0.05, 0) is 36.5 Å². The molecule has 0 bridgehead atoms. The van der Waals surface area contributed by atoms with Gasteiger partial charge in [-0.1, -0.05) is 51.1 Å². The van der Waals surface area contributed by atoms with E-state index in [0.717, 1.165) is 19.1 Å². The van der Waals surface area contributed by atoms with Crippen molar-refractivity contribution in [3.8, 4) is 0 Å². The van der Waals surface area contributed by atoms with E-state index in [0.29, 0.717) is 0 Å². The second kappa shape index (κ2) is 7.57. The van der Waals surface area contributed by atoms with Crippen LogP contribution in [0.2, 0.25) is 18.1 Å². The van der Waals surface area contributed by atoms with Crippen LogP contribution >= 0.6 is 11.6 Å². The van der Waals surface area contributed by atoms with E-state index in [9.17, 15) is 4.79 Å². The number of carbonyl (C=O) groups excluding carboxylic acids is 1. The molecule has 0 amide bonds. The first kappa shape index (κ1) is 18.4. The van der Waals surface area contributed by atoms with Crippen molar-refractivity contribution in [2.24, 2.45) is 0 Å². The lowest BCUT2D eigenvalue weighted by atomic mass is 10.1. The first-order valence-corrected chi connectivity index (χ1v) is 10.8. The second-order valence-corrected chi connectivity index (χ2v) is 12.3. The highest BCUT2D eigenvalue weighted by Crippen LogP contribution is 2.38. The minimum absolute atomic E-state index is 0.109. The predicted octanol–water partition coefficient (Wildman–Crippen LogP) is 4.82. The standard InChI is InChI=1S/C17H27ClO2Si/c1-17(2,3)21(4,5)20-16(15(18)13-19)12-11-14-9-7-6-8-10-14/h6-10,13,15-16H,11-12H2,1-5H3/t15-,16-/m1/s1. The molecule has 4 heteroatoms. The van der Waals surface area contributed by atoms with Gasteiger partial charge >= 0.3 is 0 Å². The summed E-state index contributed by atoms with van der Waals surface area (Å²) in [5.74, 6) is 0. The Morgan fingerprint density at radius 2 is 1.81 bits per heavy atom. The van der Waals surface area contributed by atoms with E-state index in [-0.39, 0.29) is 11.1 Å². The molecule has 0 aromatic heterocycles. The number of benzene rings is 1. The molecule has 2 nitrogen and oxygen atoms in total. The maximum absolute atomic E-state index is 11.1. The summed E-state index contributed by atoms with van der Waals surface area (Å²) < 4.78 is 6.35. The summed E-state index contributed by atoms with van der Waals surface area (Å²) in [5, 5.41) is -0.472. The Labute approximate surface area is 135 Å². The van der Waals surface area contributed by atoms with E-state index in [1.807, 2.05) is 18.2 Å². The Morgan fingerprint density at radius 3 is 2.29 bits per heavy atom. The van der Waals surface area contributed by atoms with E-state index >= 15 is 0 Å². The van der Waals surface area contributed by atoms with Gasteiger partial charge in [-0.25, -0.2) is 0 Å². The molecule has 21 heavy (non-hydrogen) atoms. The minimum Gasteiger partial charge on any atom is -0.412 e. The number of carbonyl (C=O) groups is 1. The lowest BCUT2D eigenvalue weighted by molar-refractivity contribution is -0.109. The Bertz CT molecular complexity index is 440. The molecule has 0 N–H and O–H groups in total. The summed E-state index contributed by atoms with van der Waals surface area (Å²) in [4.78, 5) is 11.1. The highest BCUT2D eigenvalue weighted by atomic mass is 35.5. The third-order valence-electron chi connectivity index (χ3n) is 4.30. The SMILES string of the molecule is CC(C)(C)[Si](C)(C)O[C@H](CCc1ccccc1)[C@H](Cl)C=O. The fourth-order valence-electron chi connectivity index (χ4n) is 1.88. The van der Waals surface area contributed by atoms with Crippen LogP contribution in [0.15, 0.2) is 30.3 Å². The number of aryl methyl sites for hydroxylation is 1. The molecule has 0 saturated carbocycles. The van der Waals surface area contributed by atoms with Crippen molar-refractivity contribution in [1.82, 2.24) is 0 Å². The van der Waals surface area contributed by atoms with Gasteiger partial charge in [-0.2, -0.15) is 0 Å². The molecule has 0 unspecified atom stereocenters. The average Bonchev–Trinajstić information content (AvgIpc) is 2.42. The van der Waals surface area contributed by atoms with Gasteiger partial charge in [0.25, 0.3) is 0 Å². The number of aldehydes is 1. The van der Waals surface area contributed by atoms with Crippen molar-refractivity contribution in [2.75, 3.05) is 0 Å². The molecular formula is C17H27ClO2Si. The van der Waals surface area contributed by atoms with Gasteiger partial charge < -0.3 is 9.22 Å². The van der Waals surface area contributed by atoms with Crippen molar-refractivity contribution < 1.29 is 9.22 Å². The minimum atomic E-state index is -1.93. The van der Waals surface area contributed by atoms with Gasteiger partial charge in [-0.3, -0.25) is 0 Å². The van der Waals surface area contributed by atoms with Crippen LogP contribution in [0, 0.1) is 0 Å². The molecule has 0 saturated heterocycles. The molecule has 0 heterocycles. The Morgan fingerprint density at radius 1 is 1.24 bits per heavy atom. The molecule has 118 valence electrons. The van der Waals surface area contributed by atoms with E-state index in [1.165, 1.54) is 5.56 Å². The Balaban J connectivity index is 2.75. The topological polar surface area (TPSA) is 26.3 Å². The van der Waals surface area contributed by atoms with Crippen molar-refractivity contribution in [1.29, 1.82) is 0 Å². The summed E-state index contributed by atoms with van der Waals surface area (Å²) in [6.07, 6.45) is 2.22. The fourth-order valence-corrected chi connectivity index (χ4v) is 3.52. The summed E-state index contributed by atoms with van der Waals surface area (Å²) in [6, 6.07) is 10.2. The zero-order valence-electron chi connectivity index (χ0n) is 13.7. The van der Waals surface area contributed by atoms with Crippen molar-refractivity contribution in [3.63, 3.8) is 0 Å². The number of alkyl halides is 1. The zero-order valence-corrected chi connectivity index (χ0v) is 15.5. The monoisotopic (exact) mass is 326 g/mol. The number of hydrogen-bond acceptors (Lipinski definition) is 2. The van der Waals surface area contributed by atoms with Gasteiger partial charge in [0.1, 0.15) is 11.7 Å². The van der Waals surface area contributed by atoms with E-state index in [4.69, 9.17) is 16.0 Å². The third-order valence-corrected chi connectivity index (χ3v) is 9.19. The van der Waals surface area contributed by atoms with Gasteiger partial charge in [-0.15, -0.1) is 11.6 Å². The van der Waals surface area contributed by atoms with Gasteiger partial charge in [0.2, 0.25) is 0 Å². The second-order valence-electron chi connectivity index (χ2n) is 7.02. The van der Waals surface area contributed by atoms with E-state index in [1.54, 1.807) is 0 Å². The van der Waals surface area contributed by atoms with Crippen molar-refractivity contribution >= 4 is 26.2 Å². The summed E-state index contributed by atoms with van der Waals surface area (Å²) in [7, 11) is -1.93. The van der Waals surface area contributed by atoms with E-state index < -0.39 is 13.7 Å².